The molecule has 1 atom stereocenters. The number of nitrogens with one attached hydrogen (secondary N) is 1. The second-order valence-corrected chi connectivity index (χ2v) is 8.65. The van der Waals surface area contributed by atoms with Gasteiger partial charge in [0.05, 0.1) is 10.8 Å². The molecule has 0 aliphatic rings. The molecule has 0 bridgehead atoms. The lowest BCUT2D eigenvalue weighted by atomic mass is 10.1. The van der Waals surface area contributed by atoms with Gasteiger partial charge >= 0.3 is 0 Å². The first kappa shape index (κ1) is 17.8. The highest BCUT2D eigenvalue weighted by Gasteiger charge is 2.09. The van der Waals surface area contributed by atoms with Crippen LogP contribution in [-0.4, -0.2) is 32.7 Å². The smallest absolute Gasteiger partial charge is 0.148 e. The molecule has 0 aromatic heterocycles. The Morgan fingerprint density at radius 3 is 2.65 bits per heavy atom. The van der Waals surface area contributed by atoms with E-state index in [0.717, 1.165) is 23.4 Å². The van der Waals surface area contributed by atoms with Crippen molar-refractivity contribution in [2.75, 3.05) is 24.3 Å². The molecular formula is C14H22ClNO2S2. The van der Waals surface area contributed by atoms with E-state index < -0.39 is 9.84 Å². The van der Waals surface area contributed by atoms with Gasteiger partial charge in [-0.15, -0.1) is 11.8 Å². The number of hydrogen-bond acceptors (Lipinski definition) is 4. The van der Waals surface area contributed by atoms with Crippen molar-refractivity contribution in [2.24, 2.45) is 0 Å². The number of thioether (sulfide) groups is 1. The van der Waals surface area contributed by atoms with Crippen LogP contribution in [0.4, 0.5) is 0 Å². The minimum absolute atomic E-state index is 0.171. The van der Waals surface area contributed by atoms with E-state index in [2.05, 4.69) is 19.2 Å². The molecule has 1 aromatic carbocycles. The molecule has 0 radical (unpaired) electrons. The average Bonchev–Trinajstić information content (AvgIpc) is 2.36. The van der Waals surface area contributed by atoms with Crippen LogP contribution in [0.25, 0.3) is 0 Å². The summed E-state index contributed by atoms with van der Waals surface area (Å²) in [4.78, 5) is 0.932. The van der Waals surface area contributed by atoms with Crippen molar-refractivity contribution < 1.29 is 8.42 Å². The van der Waals surface area contributed by atoms with Crippen molar-refractivity contribution in [3.05, 3.63) is 28.8 Å². The van der Waals surface area contributed by atoms with E-state index in [4.69, 9.17) is 11.6 Å². The van der Waals surface area contributed by atoms with E-state index >= 15 is 0 Å². The van der Waals surface area contributed by atoms with Gasteiger partial charge < -0.3 is 5.32 Å². The van der Waals surface area contributed by atoms with E-state index in [0.29, 0.717) is 10.8 Å². The van der Waals surface area contributed by atoms with Crippen molar-refractivity contribution in [2.45, 2.75) is 31.2 Å². The first-order valence-corrected chi connectivity index (χ1v) is 10.1. The molecule has 1 N–H and O–H groups in total. The molecule has 0 spiro atoms. The minimum atomic E-state index is -2.91. The Kier molecular flexibility index (Phi) is 7.37. The van der Waals surface area contributed by atoms with Gasteiger partial charge in [0.2, 0.25) is 0 Å². The van der Waals surface area contributed by atoms with Crippen LogP contribution in [0.3, 0.4) is 0 Å². The van der Waals surface area contributed by atoms with Crippen LogP contribution in [0.2, 0.25) is 5.02 Å². The van der Waals surface area contributed by atoms with Gasteiger partial charge in [0.1, 0.15) is 9.84 Å². The van der Waals surface area contributed by atoms with Crippen LogP contribution >= 0.6 is 23.4 Å². The highest BCUT2D eigenvalue weighted by atomic mass is 35.5. The largest absolute Gasteiger partial charge is 0.310 e. The van der Waals surface area contributed by atoms with Crippen molar-refractivity contribution >= 4 is 33.2 Å². The Bertz CT molecular complexity index is 532. The van der Waals surface area contributed by atoms with E-state index in [-0.39, 0.29) is 11.8 Å². The molecule has 0 aliphatic heterocycles. The molecular weight excluding hydrogens is 314 g/mol. The number of sulfone groups is 1. The van der Waals surface area contributed by atoms with Crippen molar-refractivity contribution in [3.8, 4) is 0 Å². The molecule has 114 valence electrons. The first-order chi connectivity index (χ1) is 9.33. The van der Waals surface area contributed by atoms with Crippen molar-refractivity contribution in [1.82, 2.24) is 5.32 Å². The van der Waals surface area contributed by atoms with E-state index in [1.165, 1.54) is 18.0 Å². The third kappa shape index (κ3) is 6.48. The summed E-state index contributed by atoms with van der Waals surface area (Å²) < 4.78 is 22.2. The lowest BCUT2D eigenvalue weighted by molar-refractivity contribution is 0.570. The second-order valence-electron chi connectivity index (χ2n) is 4.84. The van der Waals surface area contributed by atoms with Crippen LogP contribution in [0.5, 0.6) is 0 Å². The van der Waals surface area contributed by atoms with Gasteiger partial charge in [-0.3, -0.25) is 0 Å². The molecule has 1 unspecified atom stereocenters. The average molecular weight is 336 g/mol. The summed E-state index contributed by atoms with van der Waals surface area (Å²) >= 11 is 7.74. The quantitative estimate of drug-likeness (QED) is 0.738. The second kappa shape index (κ2) is 8.27. The molecule has 0 heterocycles. The number of rotatable bonds is 8. The lowest BCUT2D eigenvalue weighted by Crippen LogP contribution is -2.19. The Morgan fingerprint density at radius 2 is 2.10 bits per heavy atom. The monoisotopic (exact) mass is 335 g/mol. The van der Waals surface area contributed by atoms with Gasteiger partial charge in [-0.05, 0) is 37.6 Å². The highest BCUT2D eigenvalue weighted by Crippen LogP contribution is 2.29. The fourth-order valence-corrected chi connectivity index (χ4v) is 4.16. The fraction of sp³-hybridized carbons (Fsp3) is 0.571. The van der Waals surface area contributed by atoms with E-state index in [9.17, 15) is 8.42 Å². The molecule has 6 heteroatoms. The predicted octanol–water partition coefficient (Wildman–Crippen LogP) is 3.54. The summed E-state index contributed by atoms with van der Waals surface area (Å²) in [5, 5.41) is 4.10. The van der Waals surface area contributed by atoms with Gasteiger partial charge in [0.25, 0.3) is 0 Å². The summed E-state index contributed by atoms with van der Waals surface area (Å²) in [6.45, 7) is 5.22. The standard InChI is InChI=1S/C14H22ClNO2S2/c1-4-7-16-11(2)12-5-6-14(13(15)10-12)19-8-9-20(3,17)18/h5-6,10-11,16H,4,7-9H2,1-3H3. The normalized spacial score (nSPS) is 13.4. The van der Waals surface area contributed by atoms with E-state index in [1.807, 2.05) is 18.2 Å². The van der Waals surface area contributed by atoms with Gasteiger partial charge in [-0.1, -0.05) is 24.6 Å². The van der Waals surface area contributed by atoms with Gasteiger partial charge in [0, 0.05) is 22.9 Å². The Labute approximate surface area is 131 Å². The molecule has 0 saturated heterocycles. The van der Waals surface area contributed by atoms with Gasteiger partial charge in [0.15, 0.2) is 0 Å². The topological polar surface area (TPSA) is 46.2 Å². The van der Waals surface area contributed by atoms with Crippen LogP contribution in [0.15, 0.2) is 23.1 Å². The zero-order chi connectivity index (χ0) is 15.2. The van der Waals surface area contributed by atoms with Crippen molar-refractivity contribution in [3.63, 3.8) is 0 Å². The van der Waals surface area contributed by atoms with Crippen LogP contribution < -0.4 is 5.32 Å². The van der Waals surface area contributed by atoms with Crippen molar-refractivity contribution in [1.29, 1.82) is 0 Å². The summed E-state index contributed by atoms with van der Waals surface area (Å²) in [6, 6.07) is 6.23. The maximum absolute atomic E-state index is 11.1. The Morgan fingerprint density at radius 1 is 1.40 bits per heavy atom. The van der Waals surface area contributed by atoms with Crippen LogP contribution in [-0.2, 0) is 9.84 Å². The Balaban J connectivity index is 2.63. The molecule has 1 rings (SSSR count). The third-order valence-corrected chi connectivity index (χ3v) is 5.57. The lowest BCUT2D eigenvalue weighted by Gasteiger charge is -2.15. The minimum Gasteiger partial charge on any atom is -0.310 e. The Hall–Kier alpha value is -0.230. The molecule has 1 aromatic rings. The summed E-state index contributed by atoms with van der Waals surface area (Å²) in [6.07, 6.45) is 2.34. The fourth-order valence-electron chi connectivity index (χ4n) is 1.69. The molecule has 3 nitrogen and oxygen atoms in total. The molecule has 0 fully saturated rings. The molecule has 20 heavy (non-hydrogen) atoms. The summed E-state index contributed by atoms with van der Waals surface area (Å²) in [5.74, 6) is 0.700. The SMILES string of the molecule is CCCNC(C)c1ccc(SCCS(C)(=O)=O)c(Cl)c1. The van der Waals surface area contributed by atoms with E-state index in [1.54, 1.807) is 0 Å². The van der Waals surface area contributed by atoms with Crippen LogP contribution in [0.1, 0.15) is 31.9 Å². The predicted molar refractivity (Wildman–Crippen MR) is 88.6 cm³/mol. The number of benzene rings is 1. The first-order valence-electron chi connectivity index (χ1n) is 6.67. The summed E-state index contributed by atoms with van der Waals surface area (Å²) in [5.41, 5.74) is 1.15. The zero-order valence-electron chi connectivity index (χ0n) is 12.1. The van der Waals surface area contributed by atoms with Gasteiger partial charge in [-0.25, -0.2) is 8.42 Å². The molecule has 0 saturated carbocycles. The highest BCUT2D eigenvalue weighted by molar-refractivity contribution is 8.00. The van der Waals surface area contributed by atoms with Crippen LogP contribution in [0, 0.1) is 0 Å². The maximum Gasteiger partial charge on any atom is 0.148 e. The maximum atomic E-state index is 11.1. The summed E-state index contributed by atoms with van der Waals surface area (Å²) in [7, 11) is -2.91. The number of halogens is 1. The molecule has 0 amide bonds. The number of hydrogen-bond donors (Lipinski definition) is 1. The zero-order valence-corrected chi connectivity index (χ0v) is 14.5. The molecule has 0 aliphatic carbocycles. The van der Waals surface area contributed by atoms with Gasteiger partial charge in [-0.2, -0.15) is 0 Å². The third-order valence-electron chi connectivity index (χ3n) is 2.87.